The Labute approximate surface area is 103 Å². The summed E-state index contributed by atoms with van der Waals surface area (Å²) in [6, 6.07) is 0.667. The van der Waals surface area contributed by atoms with Gasteiger partial charge in [0.1, 0.15) is 11.6 Å². The highest BCUT2D eigenvalue weighted by molar-refractivity contribution is 5.49. The van der Waals surface area contributed by atoms with Crippen LogP contribution >= 0.6 is 0 Å². The van der Waals surface area contributed by atoms with Crippen LogP contribution in [0.15, 0.2) is 0 Å². The molecule has 2 atom stereocenters. The average Bonchev–Trinajstić information content (AvgIpc) is 3.07. The molecule has 0 aromatic carbocycles. The molecule has 0 aliphatic heterocycles. The Balaban J connectivity index is 1.85. The summed E-state index contributed by atoms with van der Waals surface area (Å²) in [7, 11) is 0. The quantitative estimate of drug-likeness (QED) is 0.869. The smallest absolute Gasteiger partial charge is 0.133 e. The largest absolute Gasteiger partial charge is 0.367 e. The van der Waals surface area contributed by atoms with Gasteiger partial charge in [-0.2, -0.15) is 0 Å². The van der Waals surface area contributed by atoms with Gasteiger partial charge in [-0.25, -0.2) is 9.97 Å². The number of nitrogens with zero attached hydrogens (tertiary/aromatic N) is 2. The summed E-state index contributed by atoms with van der Waals surface area (Å²) in [5.74, 6) is 2.92. The van der Waals surface area contributed by atoms with Crippen molar-refractivity contribution < 1.29 is 0 Å². The molecule has 1 heterocycles. The highest BCUT2D eigenvalue weighted by Gasteiger charge is 2.36. The van der Waals surface area contributed by atoms with Crippen LogP contribution in [0, 0.1) is 12.8 Å². The molecule has 0 amide bonds. The molecule has 1 aromatic heterocycles. The number of aromatic nitrogens is 2. The van der Waals surface area contributed by atoms with Crippen LogP contribution in [0.25, 0.3) is 0 Å². The van der Waals surface area contributed by atoms with Gasteiger partial charge in [0.25, 0.3) is 0 Å². The molecule has 0 radical (unpaired) electrons. The van der Waals surface area contributed by atoms with Gasteiger partial charge < -0.3 is 5.32 Å². The van der Waals surface area contributed by atoms with Crippen molar-refractivity contribution in [2.45, 2.75) is 58.4 Å². The number of hydrogen-bond donors (Lipinski definition) is 1. The number of hydrogen-bond acceptors (Lipinski definition) is 3. The van der Waals surface area contributed by atoms with Gasteiger partial charge in [0.2, 0.25) is 0 Å². The maximum absolute atomic E-state index is 4.61. The Kier molecular flexibility index (Phi) is 2.77. The third-order valence-electron chi connectivity index (χ3n) is 4.06. The van der Waals surface area contributed by atoms with Crippen molar-refractivity contribution in [3.8, 4) is 0 Å². The molecule has 1 N–H and O–H groups in total. The van der Waals surface area contributed by atoms with Crippen molar-refractivity contribution in [3.05, 3.63) is 17.1 Å². The number of rotatable bonds is 3. The molecule has 92 valence electrons. The van der Waals surface area contributed by atoms with E-state index in [4.69, 9.17) is 0 Å². The number of aryl methyl sites for hydroxylation is 2. The van der Waals surface area contributed by atoms with Gasteiger partial charge in [-0.1, -0.05) is 13.3 Å². The lowest BCUT2D eigenvalue weighted by molar-refractivity contribution is 0.658. The fraction of sp³-hybridized carbons (Fsp3) is 0.714. The second-order valence-corrected chi connectivity index (χ2v) is 5.41. The zero-order chi connectivity index (χ0) is 11.8. The lowest BCUT2D eigenvalue weighted by Gasteiger charge is -2.19. The molecule has 0 spiro atoms. The molecule has 1 aromatic rings. The molecule has 0 saturated heterocycles. The van der Waals surface area contributed by atoms with Gasteiger partial charge in [-0.05, 0) is 44.9 Å². The van der Waals surface area contributed by atoms with Crippen molar-refractivity contribution in [1.29, 1.82) is 0 Å². The third kappa shape index (κ3) is 2.15. The molecule has 1 fully saturated rings. The van der Waals surface area contributed by atoms with E-state index in [0.717, 1.165) is 30.4 Å². The van der Waals surface area contributed by atoms with Crippen LogP contribution in [0.4, 0.5) is 5.82 Å². The van der Waals surface area contributed by atoms with E-state index in [9.17, 15) is 0 Å². The first-order valence-corrected chi connectivity index (χ1v) is 6.91. The van der Waals surface area contributed by atoms with Crippen LogP contribution in [0.2, 0.25) is 0 Å². The lowest BCUT2D eigenvalue weighted by atomic mass is 9.96. The Morgan fingerprint density at radius 3 is 2.82 bits per heavy atom. The molecule has 1 saturated carbocycles. The highest BCUT2D eigenvalue weighted by atomic mass is 15.1. The molecular formula is C14H21N3. The Hall–Kier alpha value is -1.12. The van der Waals surface area contributed by atoms with Gasteiger partial charge in [-0.3, -0.25) is 0 Å². The summed E-state index contributed by atoms with van der Waals surface area (Å²) in [5.41, 5.74) is 2.68. The summed E-state index contributed by atoms with van der Waals surface area (Å²) < 4.78 is 0. The van der Waals surface area contributed by atoms with Crippen molar-refractivity contribution in [3.63, 3.8) is 0 Å². The molecule has 3 nitrogen and oxygen atoms in total. The average molecular weight is 231 g/mol. The fourth-order valence-electron chi connectivity index (χ4n) is 2.89. The van der Waals surface area contributed by atoms with E-state index in [0.29, 0.717) is 6.04 Å². The van der Waals surface area contributed by atoms with E-state index >= 15 is 0 Å². The topological polar surface area (TPSA) is 37.8 Å². The molecule has 3 heteroatoms. The summed E-state index contributed by atoms with van der Waals surface area (Å²) in [5, 5.41) is 3.63. The predicted molar refractivity (Wildman–Crippen MR) is 69.2 cm³/mol. The number of anilines is 1. The summed E-state index contributed by atoms with van der Waals surface area (Å²) >= 11 is 0. The van der Waals surface area contributed by atoms with E-state index in [-0.39, 0.29) is 0 Å². The predicted octanol–water partition coefficient (Wildman–Crippen LogP) is 2.87. The first kappa shape index (κ1) is 11.0. The normalized spacial score (nSPS) is 26.5. The van der Waals surface area contributed by atoms with Gasteiger partial charge in [-0.15, -0.1) is 0 Å². The van der Waals surface area contributed by atoms with E-state index < -0.39 is 0 Å². The second kappa shape index (κ2) is 4.28. The fourth-order valence-corrected chi connectivity index (χ4v) is 2.89. The van der Waals surface area contributed by atoms with Crippen LogP contribution < -0.4 is 5.32 Å². The van der Waals surface area contributed by atoms with Crippen molar-refractivity contribution in [1.82, 2.24) is 9.97 Å². The first-order valence-electron chi connectivity index (χ1n) is 6.91. The van der Waals surface area contributed by atoms with E-state index in [1.54, 1.807) is 0 Å². The second-order valence-electron chi connectivity index (χ2n) is 5.41. The summed E-state index contributed by atoms with van der Waals surface area (Å²) in [6.45, 7) is 4.28. The third-order valence-corrected chi connectivity index (χ3v) is 4.06. The minimum Gasteiger partial charge on any atom is -0.367 e. The van der Waals surface area contributed by atoms with Gasteiger partial charge in [0, 0.05) is 17.3 Å². The van der Waals surface area contributed by atoms with Gasteiger partial charge >= 0.3 is 0 Å². The molecular weight excluding hydrogens is 210 g/mol. The van der Waals surface area contributed by atoms with Crippen LogP contribution in [-0.2, 0) is 12.8 Å². The van der Waals surface area contributed by atoms with Gasteiger partial charge in [0.15, 0.2) is 0 Å². The van der Waals surface area contributed by atoms with Crippen molar-refractivity contribution in [2.75, 3.05) is 5.32 Å². The molecule has 2 unspecified atom stereocenters. The monoisotopic (exact) mass is 231 g/mol. The van der Waals surface area contributed by atoms with Crippen molar-refractivity contribution in [2.24, 2.45) is 5.92 Å². The molecule has 17 heavy (non-hydrogen) atoms. The maximum Gasteiger partial charge on any atom is 0.133 e. The molecule has 2 aliphatic carbocycles. The first-order chi connectivity index (χ1) is 8.28. The minimum atomic E-state index is 0.667. The van der Waals surface area contributed by atoms with Crippen LogP contribution in [0.3, 0.4) is 0 Å². The Morgan fingerprint density at radius 1 is 1.24 bits per heavy atom. The van der Waals surface area contributed by atoms with Crippen LogP contribution in [0.5, 0.6) is 0 Å². The van der Waals surface area contributed by atoms with E-state index in [2.05, 4.69) is 22.2 Å². The van der Waals surface area contributed by atoms with Crippen LogP contribution in [0.1, 0.15) is 49.7 Å². The van der Waals surface area contributed by atoms with E-state index in [1.807, 2.05) is 6.92 Å². The highest BCUT2D eigenvalue weighted by Crippen LogP contribution is 2.37. The minimum absolute atomic E-state index is 0.667. The zero-order valence-corrected chi connectivity index (χ0v) is 10.8. The Bertz CT molecular complexity index is 428. The lowest BCUT2D eigenvalue weighted by Crippen LogP contribution is -2.15. The summed E-state index contributed by atoms with van der Waals surface area (Å²) in [4.78, 5) is 9.20. The van der Waals surface area contributed by atoms with Crippen LogP contribution in [-0.4, -0.2) is 16.0 Å². The van der Waals surface area contributed by atoms with Gasteiger partial charge in [0.05, 0.1) is 0 Å². The number of fused-ring (bicyclic) bond motifs is 1. The molecule has 0 bridgehead atoms. The summed E-state index contributed by atoms with van der Waals surface area (Å²) in [6.07, 6.45) is 7.45. The number of nitrogens with one attached hydrogen (secondary N) is 1. The standard InChI is InChI=1S/C14H21N3/c1-3-10-8-13(10)17-14-11-6-4-5-7-12(11)15-9(2)16-14/h10,13H,3-8H2,1-2H3,(H,15,16,17). The zero-order valence-electron chi connectivity index (χ0n) is 10.8. The molecule has 2 aliphatic rings. The maximum atomic E-state index is 4.61. The molecule has 3 rings (SSSR count). The van der Waals surface area contributed by atoms with E-state index in [1.165, 1.54) is 36.9 Å². The SMILES string of the molecule is CCC1CC1Nc1nc(C)nc2c1CCCC2. The van der Waals surface area contributed by atoms with Crippen molar-refractivity contribution >= 4 is 5.82 Å². The Morgan fingerprint density at radius 2 is 2.06 bits per heavy atom.